The van der Waals surface area contributed by atoms with E-state index in [4.69, 9.17) is 0 Å². The van der Waals surface area contributed by atoms with Crippen molar-refractivity contribution in [1.82, 2.24) is 4.57 Å². The average Bonchev–Trinajstić information content (AvgIpc) is 4.00. The molecule has 0 unspecified atom stereocenters. The Morgan fingerprint density at radius 3 is 1.48 bits per heavy atom. The van der Waals surface area contributed by atoms with Crippen LogP contribution in [0.4, 0.5) is 34.1 Å². The van der Waals surface area contributed by atoms with Gasteiger partial charge in [-0.3, -0.25) is 0 Å². The molecule has 398 valence electrons. The molecule has 0 fully saturated rings. The fourth-order valence-corrected chi connectivity index (χ4v) is 13.1. The minimum atomic E-state index is -0.165. The molecule has 0 saturated carbocycles. The topological polar surface area (TPSA) is 11.4 Å². The van der Waals surface area contributed by atoms with Crippen LogP contribution in [0, 0.1) is 0 Å². The molecule has 3 nitrogen and oxygen atoms in total. The summed E-state index contributed by atoms with van der Waals surface area (Å²) in [4.78, 5) is 5.42. The van der Waals surface area contributed by atoms with Gasteiger partial charge in [-0.2, -0.15) is 0 Å². The fraction of sp³-hybridized carbons (Fsp3) is 0.425. The number of rotatable bonds is 3. The first-order valence-electron chi connectivity index (χ1n) is 29.1. The lowest BCUT2D eigenvalue weighted by molar-refractivity contribution is 0.422. The van der Waals surface area contributed by atoms with E-state index in [9.17, 15) is 0 Å². The first-order valence-corrected chi connectivity index (χ1v) is 29.1. The molecule has 0 atom stereocenters. The van der Waals surface area contributed by atoms with E-state index in [1.165, 1.54) is 129 Å². The minimum Gasteiger partial charge on any atom is -0.335 e. The number of aromatic nitrogens is 1. The Morgan fingerprint density at radius 1 is 0.403 bits per heavy atom. The molecule has 77 heavy (non-hydrogen) atoms. The Balaban J connectivity index is 1.32. The van der Waals surface area contributed by atoms with E-state index in [2.05, 4.69) is 275 Å². The lowest BCUT2D eigenvalue weighted by Crippen LogP contribution is -2.61. The minimum absolute atomic E-state index is 0.0117. The number of aryl methyl sites for hydroxylation is 2. The molecule has 1 aromatic heterocycles. The van der Waals surface area contributed by atoms with Gasteiger partial charge in [0.05, 0.1) is 22.4 Å². The van der Waals surface area contributed by atoms with Crippen molar-refractivity contribution in [3.05, 3.63) is 160 Å². The molecule has 11 rings (SSSR count). The van der Waals surface area contributed by atoms with E-state index in [-0.39, 0.29) is 44.7 Å². The van der Waals surface area contributed by atoms with Crippen LogP contribution in [0.15, 0.2) is 115 Å². The Labute approximate surface area is 464 Å². The van der Waals surface area contributed by atoms with Crippen molar-refractivity contribution in [2.24, 2.45) is 0 Å². The molecule has 3 aliphatic rings. The zero-order chi connectivity index (χ0) is 55.6. The highest BCUT2D eigenvalue weighted by molar-refractivity contribution is 7.00. The number of hydrogen-bond donors (Lipinski definition) is 0. The molecule has 0 N–H and O–H groups in total. The van der Waals surface area contributed by atoms with Crippen molar-refractivity contribution in [2.45, 2.75) is 203 Å². The maximum atomic E-state index is 2.72. The predicted octanol–water partition coefficient (Wildman–Crippen LogP) is 18.6. The maximum Gasteiger partial charge on any atom is 0.252 e. The molecule has 0 saturated heterocycles. The molecule has 4 heteroatoms. The number of benzene rings is 7. The zero-order valence-corrected chi connectivity index (χ0v) is 51.0. The highest BCUT2D eigenvalue weighted by Crippen LogP contribution is 2.53. The third-order valence-electron chi connectivity index (χ3n) is 17.7. The summed E-state index contributed by atoms with van der Waals surface area (Å²) in [6.07, 6.45) is 3.49. The molecular weight excluding hydrogens is 930 g/mol. The summed E-state index contributed by atoms with van der Waals surface area (Å²) >= 11 is 0. The average molecular weight is 1020 g/mol. The summed E-state index contributed by atoms with van der Waals surface area (Å²) in [6, 6.07) is 47.3. The van der Waals surface area contributed by atoms with Crippen LogP contribution in [0.25, 0.3) is 32.9 Å². The fourth-order valence-electron chi connectivity index (χ4n) is 13.1. The number of nitrogens with zero attached hydrogens (tertiary/aromatic N) is 3. The van der Waals surface area contributed by atoms with Crippen LogP contribution < -0.4 is 26.2 Å². The molecule has 0 radical (unpaired) electrons. The van der Waals surface area contributed by atoms with Crippen molar-refractivity contribution in [2.75, 3.05) is 9.80 Å². The van der Waals surface area contributed by atoms with Crippen LogP contribution in [0.3, 0.4) is 0 Å². The molecule has 7 aromatic carbocycles. The van der Waals surface area contributed by atoms with Gasteiger partial charge in [0.15, 0.2) is 0 Å². The summed E-state index contributed by atoms with van der Waals surface area (Å²) in [7, 11) is 0. The van der Waals surface area contributed by atoms with Crippen molar-refractivity contribution in [1.29, 1.82) is 0 Å². The molecular formula is C73H88BN3. The lowest BCUT2D eigenvalue weighted by atomic mass is 9.33. The van der Waals surface area contributed by atoms with Gasteiger partial charge in [-0.15, -0.1) is 0 Å². The molecule has 8 aromatic rings. The normalized spacial score (nSPS) is 15.1. The number of fused-ring (bicyclic) bond motifs is 10. The van der Waals surface area contributed by atoms with Gasteiger partial charge in [0.25, 0.3) is 6.71 Å². The number of hydrogen-bond acceptors (Lipinski definition) is 2. The Morgan fingerprint density at radius 2 is 0.922 bits per heavy atom. The molecule has 0 amide bonds. The van der Waals surface area contributed by atoms with Gasteiger partial charge in [-0.05, 0) is 188 Å². The highest BCUT2D eigenvalue weighted by Gasteiger charge is 2.46. The quantitative estimate of drug-likeness (QED) is 0.163. The molecule has 0 spiro atoms. The van der Waals surface area contributed by atoms with Crippen LogP contribution >= 0.6 is 0 Å². The molecule has 3 heterocycles. The summed E-state index contributed by atoms with van der Waals surface area (Å²) in [6.45, 7) is 49.8. The summed E-state index contributed by atoms with van der Waals surface area (Å²) in [5.41, 5.74) is 27.5. The third-order valence-corrected chi connectivity index (χ3v) is 17.7. The second-order valence-corrected chi connectivity index (χ2v) is 30.7. The summed E-state index contributed by atoms with van der Waals surface area (Å²) < 4.78 is 2.71. The van der Waals surface area contributed by atoms with Gasteiger partial charge in [-0.25, -0.2) is 0 Å². The van der Waals surface area contributed by atoms with Crippen molar-refractivity contribution < 1.29 is 0 Å². The first kappa shape index (κ1) is 53.0. The van der Waals surface area contributed by atoms with E-state index in [0.29, 0.717) is 0 Å². The van der Waals surface area contributed by atoms with E-state index in [1.807, 2.05) is 0 Å². The largest absolute Gasteiger partial charge is 0.335 e. The summed E-state index contributed by atoms with van der Waals surface area (Å²) in [5, 5.41) is 2.73. The summed E-state index contributed by atoms with van der Waals surface area (Å²) in [5.74, 6) is 0. The predicted molar refractivity (Wildman–Crippen MR) is 338 cm³/mol. The van der Waals surface area contributed by atoms with Crippen molar-refractivity contribution >= 4 is 79.0 Å². The first-order chi connectivity index (χ1) is 35.6. The molecule has 0 bridgehead atoms. The Bertz CT molecular complexity index is 3670. The van der Waals surface area contributed by atoms with E-state index in [0.717, 1.165) is 12.8 Å². The Kier molecular flexibility index (Phi) is 11.9. The number of anilines is 6. The highest BCUT2D eigenvalue weighted by atomic mass is 15.2. The Hall–Kier alpha value is -6.00. The van der Waals surface area contributed by atoms with Gasteiger partial charge < -0.3 is 14.4 Å². The van der Waals surface area contributed by atoms with Crippen molar-refractivity contribution in [3.8, 4) is 11.1 Å². The second-order valence-electron chi connectivity index (χ2n) is 30.7. The van der Waals surface area contributed by atoms with Crippen molar-refractivity contribution in [3.63, 3.8) is 0 Å². The standard InChI is InChI=1S/C73H88BN3/c1-67(2,3)46-26-30-52(31-27-46)75-61-42-51(72(16,17)18)43-62-64(61)74(56-33-36-60-63(66(56)75)54-32-25-44-23-22-24-53(44)65(54)77(60)73(19,20)21)57-41-48(69(7,8)9)29-35-59(57)76(62)58-34-28-47(68(4,5)6)40-55(58)45-37-49(70(10,11)12)39-50(38-45)71(13,14)15/h25-43H,22-24H2,1-21H3. The van der Waals surface area contributed by atoms with E-state index < -0.39 is 0 Å². The third kappa shape index (κ3) is 8.78. The van der Waals surface area contributed by atoms with Gasteiger partial charge in [0, 0.05) is 44.6 Å². The SMILES string of the molecule is CC(C)(C)c1ccc(N2c3cc(C(C)(C)C)cc4c3B(c3cc(C(C)(C)C)ccc3N4c3ccc(C(C)(C)C)cc3-c3cc(C(C)(C)C)cc(C(C)(C)C)c3)c3ccc4c(c32)c2ccc3c(c2n4C(C)(C)C)CCC3)cc1. The van der Waals surface area contributed by atoms with Crippen LogP contribution in [0.2, 0.25) is 0 Å². The molecule has 2 aliphatic heterocycles. The lowest BCUT2D eigenvalue weighted by Gasteiger charge is -2.46. The van der Waals surface area contributed by atoms with Crippen LogP contribution in [-0.4, -0.2) is 11.3 Å². The van der Waals surface area contributed by atoms with Gasteiger partial charge in [0.1, 0.15) is 0 Å². The van der Waals surface area contributed by atoms with Gasteiger partial charge in [-0.1, -0.05) is 191 Å². The monoisotopic (exact) mass is 1020 g/mol. The van der Waals surface area contributed by atoms with E-state index in [1.54, 1.807) is 5.56 Å². The van der Waals surface area contributed by atoms with Gasteiger partial charge in [0.2, 0.25) is 0 Å². The van der Waals surface area contributed by atoms with E-state index >= 15 is 0 Å². The maximum absolute atomic E-state index is 2.72. The van der Waals surface area contributed by atoms with Crippen LogP contribution in [0.1, 0.15) is 196 Å². The second kappa shape index (κ2) is 17.3. The smallest absolute Gasteiger partial charge is 0.252 e. The van der Waals surface area contributed by atoms with Crippen LogP contribution in [-0.2, 0) is 50.9 Å². The van der Waals surface area contributed by atoms with Gasteiger partial charge >= 0.3 is 0 Å². The van der Waals surface area contributed by atoms with Crippen LogP contribution in [0.5, 0.6) is 0 Å². The molecule has 1 aliphatic carbocycles. The zero-order valence-electron chi connectivity index (χ0n) is 51.0.